The molecule has 3 rings (SSSR count). The number of carbonyl (C=O) groups excluding carboxylic acids is 2. The van der Waals surface area contributed by atoms with E-state index in [-0.39, 0.29) is 18.3 Å². The van der Waals surface area contributed by atoms with Gasteiger partial charge in [0.05, 0.1) is 11.4 Å². The molecule has 0 fully saturated rings. The first-order chi connectivity index (χ1) is 13.5. The smallest absolute Gasteiger partial charge is 0.331 e. The van der Waals surface area contributed by atoms with E-state index in [1.807, 2.05) is 30.3 Å². The molecule has 0 spiro atoms. The van der Waals surface area contributed by atoms with E-state index < -0.39 is 5.97 Å². The van der Waals surface area contributed by atoms with Crippen LogP contribution in [0.2, 0.25) is 0 Å². The minimum atomic E-state index is -0.565. The number of esters is 1. The molecule has 0 saturated carbocycles. The average Bonchev–Trinajstić information content (AvgIpc) is 3.14. The van der Waals surface area contributed by atoms with Gasteiger partial charge in [-0.1, -0.05) is 30.3 Å². The molecule has 142 valence electrons. The third kappa shape index (κ3) is 5.11. The molecule has 1 aromatic heterocycles. The van der Waals surface area contributed by atoms with Crippen LogP contribution in [0.1, 0.15) is 18.2 Å². The lowest BCUT2D eigenvalue weighted by atomic mass is 10.2. The summed E-state index contributed by atoms with van der Waals surface area (Å²) in [5, 5.41) is 2.25. The van der Waals surface area contributed by atoms with Crippen LogP contribution in [0.5, 0.6) is 0 Å². The number of rotatable bonds is 6. The van der Waals surface area contributed by atoms with Crippen LogP contribution in [-0.2, 0) is 20.9 Å². The van der Waals surface area contributed by atoms with Crippen LogP contribution >= 0.6 is 11.3 Å². The molecule has 0 unspecified atom stereocenters. The summed E-state index contributed by atoms with van der Waals surface area (Å²) in [7, 11) is 0. The van der Waals surface area contributed by atoms with Crippen LogP contribution in [0.25, 0.3) is 6.08 Å². The standard InChI is InChI=1S/C21H17FN2O3S/c1-15(25)24(19-8-3-2-4-9-19)21-23-18(14-28-21)10-11-20(26)27-13-16-6-5-7-17(22)12-16/h2-12,14H,13H2,1H3/b11-10+. The highest BCUT2D eigenvalue weighted by atomic mass is 32.1. The minimum Gasteiger partial charge on any atom is -0.458 e. The maximum atomic E-state index is 13.1. The number of aromatic nitrogens is 1. The third-order valence-electron chi connectivity index (χ3n) is 3.69. The number of benzene rings is 2. The zero-order valence-corrected chi connectivity index (χ0v) is 15.9. The lowest BCUT2D eigenvalue weighted by molar-refractivity contribution is -0.138. The van der Waals surface area contributed by atoms with Crippen molar-refractivity contribution in [2.45, 2.75) is 13.5 Å². The monoisotopic (exact) mass is 396 g/mol. The molecule has 0 radical (unpaired) electrons. The molecule has 7 heteroatoms. The van der Waals surface area contributed by atoms with Crippen molar-refractivity contribution in [2.24, 2.45) is 0 Å². The van der Waals surface area contributed by atoms with Crippen LogP contribution in [0.4, 0.5) is 15.2 Å². The van der Waals surface area contributed by atoms with Gasteiger partial charge in [-0.15, -0.1) is 11.3 Å². The van der Waals surface area contributed by atoms with E-state index in [0.29, 0.717) is 16.4 Å². The molecule has 3 aromatic rings. The summed E-state index contributed by atoms with van der Waals surface area (Å²) in [6.07, 6.45) is 2.76. The molecular formula is C21H17FN2O3S. The Bertz CT molecular complexity index is 1000. The van der Waals surface area contributed by atoms with E-state index in [4.69, 9.17) is 4.74 Å². The maximum absolute atomic E-state index is 13.1. The Labute approximate surface area is 165 Å². The van der Waals surface area contributed by atoms with E-state index in [9.17, 15) is 14.0 Å². The predicted molar refractivity (Wildman–Crippen MR) is 107 cm³/mol. The fourth-order valence-corrected chi connectivity index (χ4v) is 3.30. The van der Waals surface area contributed by atoms with Crippen molar-refractivity contribution in [1.29, 1.82) is 0 Å². The van der Waals surface area contributed by atoms with E-state index >= 15 is 0 Å². The Hall–Kier alpha value is -3.32. The number of ether oxygens (including phenoxy) is 1. The van der Waals surface area contributed by atoms with Gasteiger partial charge in [-0.2, -0.15) is 0 Å². The maximum Gasteiger partial charge on any atom is 0.331 e. The van der Waals surface area contributed by atoms with Crippen molar-refractivity contribution in [1.82, 2.24) is 4.98 Å². The lowest BCUT2D eigenvalue weighted by Gasteiger charge is -2.17. The van der Waals surface area contributed by atoms with Crippen molar-refractivity contribution in [3.05, 3.63) is 83.1 Å². The summed E-state index contributed by atoms with van der Waals surface area (Å²) in [6, 6.07) is 15.1. The fourth-order valence-electron chi connectivity index (χ4n) is 2.44. The molecule has 0 aliphatic carbocycles. The molecular weight excluding hydrogens is 379 g/mol. The second kappa shape index (κ2) is 9.05. The molecule has 2 aromatic carbocycles. The normalized spacial score (nSPS) is 10.8. The van der Waals surface area contributed by atoms with E-state index in [2.05, 4.69) is 4.98 Å². The summed E-state index contributed by atoms with van der Waals surface area (Å²) in [5.41, 5.74) is 1.82. The number of para-hydroxylation sites is 1. The van der Waals surface area contributed by atoms with Crippen LogP contribution in [0.15, 0.2) is 66.1 Å². The van der Waals surface area contributed by atoms with Crippen molar-refractivity contribution < 1.29 is 18.7 Å². The summed E-state index contributed by atoms with van der Waals surface area (Å²) in [6.45, 7) is 1.45. The van der Waals surface area contributed by atoms with Crippen molar-refractivity contribution >= 4 is 40.1 Å². The number of carbonyl (C=O) groups is 2. The van der Waals surface area contributed by atoms with Gasteiger partial charge in [0.2, 0.25) is 5.91 Å². The first-order valence-corrected chi connectivity index (χ1v) is 9.31. The molecule has 1 heterocycles. The highest BCUT2D eigenvalue weighted by Crippen LogP contribution is 2.29. The summed E-state index contributed by atoms with van der Waals surface area (Å²) in [5.74, 6) is -1.11. The number of halogens is 1. The molecule has 0 N–H and O–H groups in total. The second-order valence-corrected chi connectivity index (χ2v) is 6.65. The van der Waals surface area contributed by atoms with Crippen LogP contribution in [0, 0.1) is 5.82 Å². The van der Waals surface area contributed by atoms with Crippen LogP contribution in [0.3, 0.4) is 0 Å². The number of thiazole rings is 1. The Morgan fingerprint density at radius 3 is 2.68 bits per heavy atom. The van der Waals surface area contributed by atoms with Gasteiger partial charge in [-0.25, -0.2) is 14.2 Å². The number of amides is 1. The number of hydrogen-bond donors (Lipinski definition) is 0. The Morgan fingerprint density at radius 1 is 1.18 bits per heavy atom. The quantitative estimate of drug-likeness (QED) is 0.447. The predicted octanol–water partition coefficient (Wildman–Crippen LogP) is 4.72. The molecule has 28 heavy (non-hydrogen) atoms. The van der Waals surface area contributed by atoms with Crippen LogP contribution in [-0.4, -0.2) is 16.9 Å². The van der Waals surface area contributed by atoms with Gasteiger partial charge in [0, 0.05) is 18.4 Å². The Balaban J connectivity index is 1.64. The minimum absolute atomic E-state index is 0.0185. The Morgan fingerprint density at radius 2 is 1.96 bits per heavy atom. The largest absolute Gasteiger partial charge is 0.458 e. The van der Waals surface area contributed by atoms with Gasteiger partial charge in [-0.05, 0) is 35.9 Å². The summed E-state index contributed by atoms with van der Waals surface area (Å²) >= 11 is 1.29. The van der Waals surface area contributed by atoms with Crippen molar-refractivity contribution in [3.8, 4) is 0 Å². The average molecular weight is 396 g/mol. The van der Waals surface area contributed by atoms with Crippen molar-refractivity contribution in [2.75, 3.05) is 4.90 Å². The molecule has 0 atom stereocenters. The third-order valence-corrected chi connectivity index (χ3v) is 4.53. The van der Waals surface area contributed by atoms with Gasteiger partial charge < -0.3 is 4.74 Å². The van der Waals surface area contributed by atoms with Crippen LogP contribution < -0.4 is 4.90 Å². The highest BCUT2D eigenvalue weighted by molar-refractivity contribution is 7.14. The van der Waals surface area contributed by atoms with Gasteiger partial charge in [0.25, 0.3) is 0 Å². The van der Waals surface area contributed by atoms with E-state index in [1.54, 1.807) is 17.5 Å². The molecule has 0 aliphatic heterocycles. The number of hydrogen-bond acceptors (Lipinski definition) is 5. The van der Waals surface area contributed by atoms with E-state index in [1.165, 1.54) is 47.4 Å². The summed E-state index contributed by atoms with van der Waals surface area (Å²) < 4.78 is 18.2. The topological polar surface area (TPSA) is 59.5 Å². The molecule has 0 aliphatic rings. The molecule has 0 saturated heterocycles. The molecule has 5 nitrogen and oxygen atoms in total. The zero-order chi connectivity index (χ0) is 19.9. The lowest BCUT2D eigenvalue weighted by Crippen LogP contribution is -2.22. The molecule has 0 bridgehead atoms. The highest BCUT2D eigenvalue weighted by Gasteiger charge is 2.17. The zero-order valence-electron chi connectivity index (χ0n) is 15.0. The summed E-state index contributed by atoms with van der Waals surface area (Å²) in [4.78, 5) is 29.8. The first kappa shape index (κ1) is 19.4. The SMILES string of the molecule is CC(=O)N(c1ccccc1)c1nc(/C=C/C(=O)OCc2cccc(F)c2)cs1. The number of nitrogens with zero attached hydrogens (tertiary/aromatic N) is 2. The van der Waals surface area contributed by atoms with Gasteiger partial charge >= 0.3 is 5.97 Å². The van der Waals surface area contributed by atoms with Gasteiger partial charge in [0.1, 0.15) is 12.4 Å². The first-order valence-electron chi connectivity index (χ1n) is 8.43. The van der Waals surface area contributed by atoms with E-state index in [0.717, 1.165) is 5.69 Å². The van der Waals surface area contributed by atoms with Gasteiger partial charge in [0.15, 0.2) is 5.13 Å². The van der Waals surface area contributed by atoms with Gasteiger partial charge in [-0.3, -0.25) is 9.69 Å². The molecule has 1 amide bonds. The van der Waals surface area contributed by atoms with Crippen molar-refractivity contribution in [3.63, 3.8) is 0 Å². The Kier molecular flexibility index (Phi) is 6.29. The fraction of sp³-hybridized carbons (Fsp3) is 0.0952. The second-order valence-electron chi connectivity index (χ2n) is 5.82. The number of anilines is 2.